The molecule has 16 heavy (non-hydrogen) atoms. The van der Waals surface area contributed by atoms with Gasteiger partial charge in [-0.25, -0.2) is 0 Å². The first-order valence-electron chi connectivity index (χ1n) is 4.83. The summed E-state index contributed by atoms with van der Waals surface area (Å²) in [5.74, 6) is 0. The van der Waals surface area contributed by atoms with Crippen molar-refractivity contribution in [2.75, 3.05) is 0 Å². The maximum Gasteiger partial charge on any atom is 0.196 e. The molecule has 1 aromatic heterocycles. The number of hydrogen-bond acceptors (Lipinski definition) is 4. The van der Waals surface area contributed by atoms with Gasteiger partial charge in [-0.1, -0.05) is 30.0 Å². The van der Waals surface area contributed by atoms with Crippen LogP contribution in [0.4, 0.5) is 0 Å². The van der Waals surface area contributed by atoms with Crippen molar-refractivity contribution in [3.05, 3.63) is 36.7 Å². The third-order valence-corrected chi connectivity index (χ3v) is 2.96. The molecule has 1 atom stereocenters. The molecule has 0 bridgehead atoms. The SMILES string of the molecule is C[C@H](C#N)Sc1nncn1-c1ccccc1. The summed E-state index contributed by atoms with van der Waals surface area (Å²) in [6.07, 6.45) is 1.65. The van der Waals surface area contributed by atoms with Gasteiger partial charge in [0.1, 0.15) is 6.33 Å². The Morgan fingerprint density at radius 1 is 1.38 bits per heavy atom. The van der Waals surface area contributed by atoms with Crippen LogP contribution in [0.3, 0.4) is 0 Å². The number of nitriles is 1. The van der Waals surface area contributed by atoms with Crippen molar-refractivity contribution in [3.63, 3.8) is 0 Å². The number of thioether (sulfide) groups is 1. The lowest BCUT2D eigenvalue weighted by Crippen LogP contribution is -1.98. The van der Waals surface area contributed by atoms with Gasteiger partial charge in [-0.05, 0) is 19.1 Å². The minimum atomic E-state index is -0.133. The Balaban J connectivity index is 2.30. The van der Waals surface area contributed by atoms with Crippen LogP contribution in [0.15, 0.2) is 41.8 Å². The Morgan fingerprint density at radius 2 is 2.12 bits per heavy atom. The van der Waals surface area contributed by atoms with E-state index in [9.17, 15) is 0 Å². The largest absolute Gasteiger partial charge is 0.277 e. The van der Waals surface area contributed by atoms with Gasteiger partial charge in [-0.15, -0.1) is 10.2 Å². The molecule has 0 spiro atoms. The Kier molecular flexibility index (Phi) is 3.22. The molecule has 0 N–H and O–H groups in total. The van der Waals surface area contributed by atoms with Crippen molar-refractivity contribution < 1.29 is 0 Å². The van der Waals surface area contributed by atoms with Gasteiger partial charge >= 0.3 is 0 Å². The van der Waals surface area contributed by atoms with Crippen LogP contribution in [0.5, 0.6) is 0 Å². The standard InChI is InChI=1S/C11H10N4S/c1-9(7-12)16-11-14-13-8-15(11)10-5-3-2-4-6-10/h2-6,8-9H,1H3/t9-/m1/s1. The number of aromatic nitrogens is 3. The molecule has 0 aliphatic carbocycles. The Hall–Kier alpha value is -1.80. The number of rotatable bonds is 3. The van der Waals surface area contributed by atoms with E-state index >= 15 is 0 Å². The van der Waals surface area contributed by atoms with Crippen LogP contribution >= 0.6 is 11.8 Å². The fraction of sp³-hybridized carbons (Fsp3) is 0.182. The highest BCUT2D eigenvalue weighted by Gasteiger charge is 2.10. The lowest BCUT2D eigenvalue weighted by molar-refractivity contribution is 0.881. The van der Waals surface area contributed by atoms with Crippen molar-refractivity contribution in [2.24, 2.45) is 0 Å². The van der Waals surface area contributed by atoms with Crippen molar-refractivity contribution in [3.8, 4) is 11.8 Å². The summed E-state index contributed by atoms with van der Waals surface area (Å²) in [5.41, 5.74) is 1.00. The minimum Gasteiger partial charge on any atom is -0.277 e. The van der Waals surface area contributed by atoms with Crippen LogP contribution in [-0.2, 0) is 0 Å². The molecule has 0 saturated heterocycles. The number of nitrogens with zero attached hydrogens (tertiary/aromatic N) is 4. The Bertz CT molecular complexity index is 500. The summed E-state index contributed by atoms with van der Waals surface area (Å²) in [6, 6.07) is 12.0. The second kappa shape index (κ2) is 4.81. The summed E-state index contributed by atoms with van der Waals surface area (Å²) in [5, 5.41) is 17.2. The summed E-state index contributed by atoms with van der Waals surface area (Å²) < 4.78 is 1.87. The molecular formula is C11H10N4S. The van der Waals surface area contributed by atoms with Crippen LogP contribution in [0.1, 0.15) is 6.92 Å². The third kappa shape index (κ3) is 2.23. The highest BCUT2D eigenvalue weighted by molar-refractivity contribution is 8.00. The zero-order chi connectivity index (χ0) is 11.4. The van der Waals surface area contributed by atoms with E-state index in [0.717, 1.165) is 10.8 Å². The summed E-state index contributed by atoms with van der Waals surface area (Å²) in [7, 11) is 0. The lowest BCUT2D eigenvalue weighted by Gasteiger charge is -2.06. The second-order valence-electron chi connectivity index (χ2n) is 3.21. The minimum absolute atomic E-state index is 0.133. The van der Waals surface area contributed by atoms with E-state index in [0.29, 0.717) is 0 Å². The van der Waals surface area contributed by atoms with Gasteiger partial charge in [-0.2, -0.15) is 5.26 Å². The van der Waals surface area contributed by atoms with Gasteiger partial charge in [0.25, 0.3) is 0 Å². The van der Waals surface area contributed by atoms with Gasteiger partial charge in [0.2, 0.25) is 0 Å². The molecule has 0 saturated carbocycles. The van der Waals surface area contributed by atoms with Gasteiger partial charge in [0.15, 0.2) is 5.16 Å². The predicted molar refractivity (Wildman–Crippen MR) is 62.3 cm³/mol. The third-order valence-electron chi connectivity index (χ3n) is 2.01. The van der Waals surface area contributed by atoms with Gasteiger partial charge in [0, 0.05) is 5.69 Å². The maximum atomic E-state index is 8.77. The number of para-hydroxylation sites is 1. The molecule has 0 radical (unpaired) electrons. The average Bonchev–Trinajstić information content (AvgIpc) is 2.78. The molecule has 0 amide bonds. The number of hydrogen-bond donors (Lipinski definition) is 0. The molecule has 0 fully saturated rings. The predicted octanol–water partition coefficient (Wildman–Crippen LogP) is 2.27. The van der Waals surface area contributed by atoms with E-state index in [1.54, 1.807) is 6.33 Å². The Morgan fingerprint density at radius 3 is 2.81 bits per heavy atom. The first-order chi connectivity index (χ1) is 7.81. The second-order valence-corrected chi connectivity index (χ2v) is 4.52. The fourth-order valence-corrected chi connectivity index (χ4v) is 1.98. The fourth-order valence-electron chi connectivity index (χ4n) is 1.25. The van der Waals surface area contributed by atoms with E-state index in [2.05, 4.69) is 16.3 Å². The molecule has 80 valence electrons. The molecule has 2 rings (SSSR count). The van der Waals surface area contributed by atoms with Crippen molar-refractivity contribution in [2.45, 2.75) is 17.3 Å². The molecule has 5 heteroatoms. The summed E-state index contributed by atoms with van der Waals surface area (Å²) in [6.45, 7) is 1.84. The normalized spacial score (nSPS) is 12.0. The molecule has 4 nitrogen and oxygen atoms in total. The van der Waals surface area contributed by atoms with Crippen molar-refractivity contribution in [1.29, 1.82) is 5.26 Å². The van der Waals surface area contributed by atoms with Crippen LogP contribution in [0.2, 0.25) is 0 Å². The quantitative estimate of drug-likeness (QED) is 0.759. The first kappa shape index (κ1) is 10.7. The smallest absolute Gasteiger partial charge is 0.196 e. The van der Waals surface area contributed by atoms with E-state index in [4.69, 9.17) is 5.26 Å². The van der Waals surface area contributed by atoms with E-state index in [1.165, 1.54) is 11.8 Å². The highest BCUT2D eigenvalue weighted by atomic mass is 32.2. The van der Waals surface area contributed by atoms with Crippen molar-refractivity contribution in [1.82, 2.24) is 14.8 Å². The number of benzene rings is 1. The first-order valence-corrected chi connectivity index (χ1v) is 5.71. The Labute approximate surface area is 97.9 Å². The molecular weight excluding hydrogens is 220 g/mol. The van der Waals surface area contributed by atoms with E-state index in [1.807, 2.05) is 41.8 Å². The van der Waals surface area contributed by atoms with Gasteiger partial charge < -0.3 is 0 Å². The molecule has 0 aliphatic heterocycles. The monoisotopic (exact) mass is 230 g/mol. The van der Waals surface area contributed by atoms with Gasteiger partial charge in [0.05, 0.1) is 11.3 Å². The highest BCUT2D eigenvalue weighted by Crippen LogP contribution is 2.22. The van der Waals surface area contributed by atoms with E-state index in [-0.39, 0.29) is 5.25 Å². The maximum absolute atomic E-state index is 8.77. The zero-order valence-corrected chi connectivity index (χ0v) is 9.56. The van der Waals surface area contributed by atoms with Crippen LogP contribution in [0.25, 0.3) is 5.69 Å². The zero-order valence-electron chi connectivity index (χ0n) is 8.74. The molecule has 1 aromatic carbocycles. The average molecular weight is 230 g/mol. The lowest BCUT2D eigenvalue weighted by atomic mass is 10.3. The van der Waals surface area contributed by atoms with E-state index < -0.39 is 0 Å². The molecule has 1 heterocycles. The molecule has 2 aromatic rings. The van der Waals surface area contributed by atoms with Crippen LogP contribution < -0.4 is 0 Å². The van der Waals surface area contributed by atoms with Gasteiger partial charge in [-0.3, -0.25) is 4.57 Å². The summed E-state index contributed by atoms with van der Waals surface area (Å²) in [4.78, 5) is 0. The topological polar surface area (TPSA) is 54.5 Å². The molecule has 0 aliphatic rings. The van der Waals surface area contributed by atoms with Crippen molar-refractivity contribution >= 4 is 11.8 Å². The van der Waals surface area contributed by atoms with Crippen LogP contribution in [-0.4, -0.2) is 20.0 Å². The molecule has 0 unspecified atom stereocenters. The summed E-state index contributed by atoms with van der Waals surface area (Å²) >= 11 is 1.40. The van der Waals surface area contributed by atoms with Crippen LogP contribution in [0, 0.1) is 11.3 Å².